The number of hydrogen-bond acceptors (Lipinski definition) is 4. The van der Waals surface area contributed by atoms with Crippen LogP contribution in [0, 0.1) is 11.8 Å². The number of ether oxygens (including phenoxy) is 2. The summed E-state index contributed by atoms with van der Waals surface area (Å²) in [6.45, 7) is 7.74. The van der Waals surface area contributed by atoms with Gasteiger partial charge in [-0.2, -0.15) is 11.8 Å². The molecule has 0 aromatic rings. The minimum Gasteiger partial charge on any atom is -0.390 e. The molecule has 0 saturated carbocycles. The van der Waals surface area contributed by atoms with E-state index in [9.17, 15) is 5.11 Å². The molecule has 1 spiro atoms. The highest BCUT2D eigenvalue weighted by Crippen LogP contribution is 2.41. The highest BCUT2D eigenvalue weighted by atomic mass is 32.2. The second-order valence-electron chi connectivity index (χ2n) is 6.55. The normalized spacial score (nSPS) is 29.6. The minimum absolute atomic E-state index is 0.0434. The summed E-state index contributed by atoms with van der Waals surface area (Å²) < 4.78 is 11.9. The van der Waals surface area contributed by atoms with Crippen molar-refractivity contribution >= 4 is 11.8 Å². The Balaban J connectivity index is 1.99. The fraction of sp³-hybridized carbons (Fsp3) is 1.00. The molecule has 0 aromatic heterocycles. The predicted molar refractivity (Wildman–Crippen MR) is 84.2 cm³/mol. The third kappa shape index (κ3) is 3.90. The van der Waals surface area contributed by atoms with Crippen molar-refractivity contribution in [3.05, 3.63) is 0 Å². The van der Waals surface area contributed by atoms with Crippen LogP contribution in [0.5, 0.6) is 0 Å². The second kappa shape index (κ2) is 7.48. The van der Waals surface area contributed by atoms with Crippen LogP contribution in [0.25, 0.3) is 0 Å². The first kappa shape index (κ1) is 16.6. The first-order valence-electron chi connectivity index (χ1n) is 8.09. The first-order valence-corrected chi connectivity index (χ1v) is 9.25. The fourth-order valence-electron chi connectivity index (χ4n) is 3.60. The average Bonchev–Trinajstić information content (AvgIpc) is 2.44. The molecule has 118 valence electrons. The van der Waals surface area contributed by atoms with Gasteiger partial charge in [0, 0.05) is 13.2 Å². The number of thioether (sulfide) groups is 1. The van der Waals surface area contributed by atoms with Gasteiger partial charge in [0.1, 0.15) is 0 Å². The maximum Gasteiger partial charge on any atom is 0.0859 e. The van der Waals surface area contributed by atoms with Gasteiger partial charge in [0.05, 0.1) is 17.8 Å². The topological polar surface area (TPSA) is 38.7 Å². The highest BCUT2D eigenvalue weighted by molar-refractivity contribution is 7.99. The molecular weight excluding hydrogens is 272 g/mol. The molecule has 20 heavy (non-hydrogen) atoms. The van der Waals surface area contributed by atoms with Crippen molar-refractivity contribution in [3.63, 3.8) is 0 Å². The lowest BCUT2D eigenvalue weighted by Gasteiger charge is -2.45. The average molecular weight is 302 g/mol. The van der Waals surface area contributed by atoms with Crippen LogP contribution in [0.3, 0.4) is 0 Å². The van der Waals surface area contributed by atoms with Gasteiger partial charge in [-0.05, 0) is 55.9 Å². The molecule has 4 heteroatoms. The molecule has 0 aliphatic carbocycles. The number of aliphatic hydroxyl groups excluding tert-OH is 1. The zero-order chi connectivity index (χ0) is 14.6. The summed E-state index contributed by atoms with van der Waals surface area (Å²) in [5, 5.41) is 10.8. The molecule has 2 rings (SSSR count). The Bertz CT molecular complexity index is 284. The van der Waals surface area contributed by atoms with Crippen molar-refractivity contribution < 1.29 is 14.6 Å². The fourth-order valence-corrected chi connectivity index (χ4v) is 4.83. The quantitative estimate of drug-likeness (QED) is 0.847. The SMILES string of the molecule is CCOC(C(C)C)C(O)C1CCOC2(CCSCC2)C1. The molecule has 0 bridgehead atoms. The van der Waals surface area contributed by atoms with Crippen LogP contribution < -0.4 is 0 Å². The first-order chi connectivity index (χ1) is 9.58. The number of aliphatic hydroxyl groups is 1. The van der Waals surface area contributed by atoms with Gasteiger partial charge in [-0.25, -0.2) is 0 Å². The molecule has 2 aliphatic rings. The van der Waals surface area contributed by atoms with Crippen LogP contribution in [0.2, 0.25) is 0 Å². The Morgan fingerprint density at radius 3 is 2.65 bits per heavy atom. The van der Waals surface area contributed by atoms with Crippen molar-refractivity contribution in [1.82, 2.24) is 0 Å². The van der Waals surface area contributed by atoms with E-state index in [1.807, 2.05) is 18.7 Å². The molecule has 0 amide bonds. The van der Waals surface area contributed by atoms with E-state index < -0.39 is 0 Å². The molecule has 2 saturated heterocycles. The van der Waals surface area contributed by atoms with Gasteiger partial charge in [0.25, 0.3) is 0 Å². The Kier molecular flexibility index (Phi) is 6.21. The van der Waals surface area contributed by atoms with Gasteiger partial charge in [0.15, 0.2) is 0 Å². The Morgan fingerprint density at radius 1 is 1.35 bits per heavy atom. The van der Waals surface area contributed by atoms with E-state index in [2.05, 4.69) is 13.8 Å². The monoisotopic (exact) mass is 302 g/mol. The second-order valence-corrected chi connectivity index (χ2v) is 7.78. The Morgan fingerprint density at radius 2 is 2.05 bits per heavy atom. The van der Waals surface area contributed by atoms with E-state index >= 15 is 0 Å². The third-order valence-electron chi connectivity index (χ3n) is 4.77. The molecule has 2 fully saturated rings. The summed E-state index contributed by atoms with van der Waals surface area (Å²) in [6, 6.07) is 0. The molecule has 0 aromatic carbocycles. The van der Waals surface area contributed by atoms with Gasteiger partial charge in [0.2, 0.25) is 0 Å². The van der Waals surface area contributed by atoms with Crippen LogP contribution in [0.15, 0.2) is 0 Å². The van der Waals surface area contributed by atoms with E-state index in [4.69, 9.17) is 9.47 Å². The van der Waals surface area contributed by atoms with Crippen LogP contribution in [0.1, 0.15) is 46.5 Å². The van der Waals surface area contributed by atoms with Gasteiger partial charge >= 0.3 is 0 Å². The third-order valence-corrected chi connectivity index (χ3v) is 5.76. The van der Waals surface area contributed by atoms with Crippen molar-refractivity contribution in [2.45, 2.75) is 64.3 Å². The lowest BCUT2D eigenvalue weighted by molar-refractivity contribution is -0.148. The largest absolute Gasteiger partial charge is 0.390 e. The van der Waals surface area contributed by atoms with Crippen LogP contribution in [0.4, 0.5) is 0 Å². The summed E-state index contributed by atoms with van der Waals surface area (Å²) in [5.74, 6) is 3.07. The van der Waals surface area contributed by atoms with Gasteiger partial charge < -0.3 is 14.6 Å². The number of rotatable bonds is 5. The van der Waals surface area contributed by atoms with E-state index in [1.54, 1.807) is 0 Å². The van der Waals surface area contributed by atoms with E-state index in [1.165, 1.54) is 11.5 Å². The molecular formula is C16H30O3S. The molecule has 2 heterocycles. The lowest BCUT2D eigenvalue weighted by Crippen LogP contribution is -2.49. The minimum atomic E-state index is -0.356. The van der Waals surface area contributed by atoms with Crippen LogP contribution in [-0.4, -0.2) is 47.6 Å². The smallest absolute Gasteiger partial charge is 0.0859 e. The Hall–Kier alpha value is 0.230. The Labute approximate surface area is 127 Å². The van der Waals surface area contributed by atoms with Crippen molar-refractivity contribution in [2.24, 2.45) is 11.8 Å². The molecule has 1 N–H and O–H groups in total. The van der Waals surface area contributed by atoms with Crippen molar-refractivity contribution in [3.8, 4) is 0 Å². The van der Waals surface area contributed by atoms with Gasteiger partial charge in [-0.1, -0.05) is 13.8 Å². The van der Waals surface area contributed by atoms with Crippen LogP contribution in [-0.2, 0) is 9.47 Å². The van der Waals surface area contributed by atoms with E-state index in [0.717, 1.165) is 32.3 Å². The predicted octanol–water partition coefficient (Wildman–Crippen LogP) is 3.10. The summed E-state index contributed by atoms with van der Waals surface area (Å²) in [5.41, 5.74) is 0.0445. The zero-order valence-corrected chi connectivity index (χ0v) is 14.0. The van der Waals surface area contributed by atoms with Crippen molar-refractivity contribution in [1.29, 1.82) is 0 Å². The maximum absolute atomic E-state index is 10.8. The zero-order valence-electron chi connectivity index (χ0n) is 13.1. The molecule has 3 unspecified atom stereocenters. The lowest BCUT2D eigenvalue weighted by atomic mass is 9.77. The summed E-state index contributed by atoms with van der Waals surface area (Å²) in [6.07, 6.45) is 3.85. The maximum atomic E-state index is 10.8. The summed E-state index contributed by atoms with van der Waals surface area (Å²) in [7, 11) is 0. The molecule has 0 radical (unpaired) electrons. The highest BCUT2D eigenvalue weighted by Gasteiger charge is 2.42. The van der Waals surface area contributed by atoms with Gasteiger partial charge in [-0.3, -0.25) is 0 Å². The van der Waals surface area contributed by atoms with Crippen LogP contribution >= 0.6 is 11.8 Å². The van der Waals surface area contributed by atoms with Gasteiger partial charge in [-0.15, -0.1) is 0 Å². The standard InChI is InChI=1S/C16H30O3S/c1-4-18-15(12(2)3)14(17)13-5-8-19-16(11-13)6-9-20-10-7-16/h12-15,17H,4-11H2,1-3H3. The molecule has 2 aliphatic heterocycles. The van der Waals surface area contributed by atoms with Crippen molar-refractivity contribution in [2.75, 3.05) is 24.7 Å². The number of hydrogen-bond donors (Lipinski definition) is 1. The molecule has 3 atom stereocenters. The molecule has 3 nitrogen and oxygen atoms in total. The summed E-state index contributed by atoms with van der Waals surface area (Å²) >= 11 is 2.02. The van der Waals surface area contributed by atoms with E-state index in [0.29, 0.717) is 18.4 Å². The summed E-state index contributed by atoms with van der Waals surface area (Å²) in [4.78, 5) is 0. The van der Waals surface area contributed by atoms with E-state index in [-0.39, 0.29) is 17.8 Å².